The van der Waals surface area contributed by atoms with E-state index in [9.17, 15) is 14.9 Å². The Kier molecular flexibility index (Phi) is 5.10. The molecule has 0 unspecified atom stereocenters. The minimum absolute atomic E-state index is 0.0729. The monoisotopic (exact) mass is 294 g/mol. The molecular formula is C14H20N3O4+. The molecule has 1 fully saturated rings. The van der Waals surface area contributed by atoms with Crippen LogP contribution in [0.1, 0.15) is 19.3 Å². The fourth-order valence-electron chi connectivity index (χ4n) is 2.54. The molecule has 21 heavy (non-hydrogen) atoms. The molecule has 0 radical (unpaired) electrons. The van der Waals surface area contributed by atoms with Crippen LogP contribution in [0.3, 0.4) is 0 Å². The minimum atomic E-state index is -0.497. The molecule has 0 saturated carbocycles. The fraction of sp³-hybridized carbons (Fsp3) is 0.500. The molecule has 1 heterocycles. The lowest BCUT2D eigenvalue weighted by Crippen LogP contribution is -3.10. The summed E-state index contributed by atoms with van der Waals surface area (Å²) in [5.74, 6) is 0.274. The molecule has 1 aliphatic rings. The van der Waals surface area contributed by atoms with E-state index in [-0.39, 0.29) is 11.6 Å². The lowest BCUT2D eigenvalue weighted by molar-refractivity contribution is -0.886. The van der Waals surface area contributed by atoms with Gasteiger partial charge in [-0.2, -0.15) is 0 Å². The van der Waals surface area contributed by atoms with Gasteiger partial charge < -0.3 is 15.0 Å². The van der Waals surface area contributed by atoms with Crippen molar-refractivity contribution in [2.45, 2.75) is 19.3 Å². The third-order valence-corrected chi connectivity index (χ3v) is 3.68. The molecule has 0 bridgehead atoms. The van der Waals surface area contributed by atoms with Crippen LogP contribution in [0.25, 0.3) is 0 Å². The standard InChI is InChI=1S/C14H19N3O4/c1-21-13-5-4-11(17(19)20)10-12(13)15-14(18)6-9-16-7-2-3-8-16/h4-5,10H,2-3,6-9H2,1H3,(H,15,18)/p+1. The summed E-state index contributed by atoms with van der Waals surface area (Å²) in [6, 6.07) is 4.15. The molecule has 1 aromatic rings. The number of likely N-dealkylation sites (tertiary alicyclic amines) is 1. The fourth-order valence-corrected chi connectivity index (χ4v) is 2.54. The van der Waals surface area contributed by atoms with E-state index in [4.69, 9.17) is 4.74 Å². The maximum atomic E-state index is 12.0. The second-order valence-electron chi connectivity index (χ2n) is 5.15. The van der Waals surface area contributed by atoms with Gasteiger partial charge in [0.05, 0.1) is 43.8 Å². The summed E-state index contributed by atoms with van der Waals surface area (Å²) >= 11 is 0. The Morgan fingerprint density at radius 2 is 2.14 bits per heavy atom. The second-order valence-corrected chi connectivity index (χ2v) is 5.15. The molecule has 114 valence electrons. The normalized spacial score (nSPS) is 14.9. The number of anilines is 1. The van der Waals surface area contributed by atoms with Crippen molar-refractivity contribution in [2.75, 3.05) is 32.1 Å². The zero-order valence-corrected chi connectivity index (χ0v) is 12.1. The number of nitro benzene ring substituents is 1. The molecule has 7 nitrogen and oxygen atoms in total. The van der Waals surface area contributed by atoms with Crippen molar-refractivity contribution in [1.29, 1.82) is 0 Å². The van der Waals surface area contributed by atoms with Gasteiger partial charge in [-0.25, -0.2) is 0 Å². The first-order valence-corrected chi connectivity index (χ1v) is 7.06. The van der Waals surface area contributed by atoms with Gasteiger partial charge in [0.2, 0.25) is 5.91 Å². The van der Waals surface area contributed by atoms with Crippen LogP contribution < -0.4 is 15.0 Å². The molecule has 2 rings (SSSR count). The van der Waals surface area contributed by atoms with Crippen molar-refractivity contribution < 1.29 is 19.4 Å². The zero-order chi connectivity index (χ0) is 15.2. The SMILES string of the molecule is COc1ccc([N+](=O)[O-])cc1NC(=O)CC[NH+]1CCCC1. The number of carbonyl (C=O) groups excluding carboxylic acids is 1. The molecule has 1 amide bonds. The quantitative estimate of drug-likeness (QED) is 0.594. The first kappa shape index (κ1) is 15.2. The first-order valence-electron chi connectivity index (χ1n) is 7.06. The van der Waals surface area contributed by atoms with E-state index in [2.05, 4.69) is 5.32 Å². The summed E-state index contributed by atoms with van der Waals surface area (Å²) in [5, 5.41) is 13.5. The highest BCUT2D eigenvalue weighted by molar-refractivity contribution is 5.92. The van der Waals surface area contributed by atoms with E-state index in [1.165, 1.54) is 43.1 Å². The summed E-state index contributed by atoms with van der Waals surface area (Å²) in [6.07, 6.45) is 2.84. The number of nitrogens with zero attached hydrogens (tertiary/aromatic N) is 1. The molecule has 0 spiro atoms. The van der Waals surface area contributed by atoms with Crippen LogP contribution in [0.15, 0.2) is 18.2 Å². The van der Waals surface area contributed by atoms with E-state index in [1.54, 1.807) is 0 Å². The van der Waals surface area contributed by atoms with Crippen LogP contribution in [-0.2, 0) is 4.79 Å². The molecule has 0 aromatic heterocycles. The Morgan fingerprint density at radius 1 is 1.43 bits per heavy atom. The molecule has 2 N–H and O–H groups in total. The van der Waals surface area contributed by atoms with Crippen LogP contribution in [-0.4, -0.2) is 37.6 Å². The average Bonchev–Trinajstić information content (AvgIpc) is 2.98. The molecule has 1 saturated heterocycles. The van der Waals surface area contributed by atoms with E-state index in [0.29, 0.717) is 17.9 Å². The van der Waals surface area contributed by atoms with Crippen LogP contribution in [0, 0.1) is 10.1 Å². The Morgan fingerprint density at radius 3 is 2.76 bits per heavy atom. The number of ether oxygens (including phenoxy) is 1. The molecule has 0 aliphatic carbocycles. The van der Waals surface area contributed by atoms with E-state index in [0.717, 1.165) is 19.6 Å². The molecule has 0 atom stereocenters. The number of amides is 1. The van der Waals surface area contributed by atoms with Crippen LogP contribution in [0.4, 0.5) is 11.4 Å². The smallest absolute Gasteiger partial charge is 0.271 e. The van der Waals surface area contributed by atoms with Crippen molar-refractivity contribution >= 4 is 17.3 Å². The lowest BCUT2D eigenvalue weighted by Gasteiger charge is -2.13. The van der Waals surface area contributed by atoms with Gasteiger partial charge in [-0.05, 0) is 6.07 Å². The van der Waals surface area contributed by atoms with Crippen LogP contribution in [0.5, 0.6) is 5.75 Å². The number of methoxy groups -OCH3 is 1. The molecule has 1 aliphatic heterocycles. The van der Waals surface area contributed by atoms with E-state index >= 15 is 0 Å². The van der Waals surface area contributed by atoms with Gasteiger partial charge in [-0.15, -0.1) is 0 Å². The number of benzene rings is 1. The van der Waals surface area contributed by atoms with Crippen molar-refractivity contribution in [2.24, 2.45) is 0 Å². The van der Waals surface area contributed by atoms with Crippen LogP contribution in [0.2, 0.25) is 0 Å². The predicted molar refractivity (Wildman–Crippen MR) is 77.7 cm³/mol. The topological polar surface area (TPSA) is 85.9 Å². The number of rotatable bonds is 6. The number of hydrogen-bond acceptors (Lipinski definition) is 4. The molecular weight excluding hydrogens is 274 g/mol. The highest BCUT2D eigenvalue weighted by Gasteiger charge is 2.18. The van der Waals surface area contributed by atoms with E-state index < -0.39 is 4.92 Å². The number of non-ortho nitro benzene ring substituents is 1. The highest BCUT2D eigenvalue weighted by Crippen LogP contribution is 2.28. The number of nitro groups is 1. The Balaban J connectivity index is 1.97. The number of carbonyl (C=O) groups is 1. The van der Waals surface area contributed by atoms with Gasteiger partial charge in [-0.1, -0.05) is 0 Å². The van der Waals surface area contributed by atoms with Crippen molar-refractivity contribution in [3.05, 3.63) is 28.3 Å². The summed E-state index contributed by atoms with van der Waals surface area (Å²) in [7, 11) is 1.46. The van der Waals surface area contributed by atoms with Crippen molar-refractivity contribution in [1.82, 2.24) is 0 Å². The van der Waals surface area contributed by atoms with Gasteiger partial charge in [0, 0.05) is 25.0 Å². The van der Waals surface area contributed by atoms with Gasteiger partial charge in [-0.3, -0.25) is 14.9 Å². The first-order chi connectivity index (χ1) is 10.1. The number of quaternary nitrogens is 1. The summed E-state index contributed by atoms with van der Waals surface area (Å²) < 4.78 is 5.12. The lowest BCUT2D eigenvalue weighted by atomic mass is 10.2. The average molecular weight is 294 g/mol. The molecule has 1 aromatic carbocycles. The Labute approximate surface area is 123 Å². The minimum Gasteiger partial charge on any atom is -0.495 e. The molecule has 7 heteroatoms. The summed E-state index contributed by atoms with van der Waals surface area (Å²) in [4.78, 5) is 23.7. The third-order valence-electron chi connectivity index (χ3n) is 3.68. The van der Waals surface area contributed by atoms with Gasteiger partial charge >= 0.3 is 0 Å². The van der Waals surface area contributed by atoms with E-state index in [1.807, 2.05) is 0 Å². The third kappa shape index (κ3) is 4.16. The number of hydrogen-bond donors (Lipinski definition) is 2. The Bertz CT molecular complexity index is 527. The van der Waals surface area contributed by atoms with Crippen molar-refractivity contribution in [3.8, 4) is 5.75 Å². The summed E-state index contributed by atoms with van der Waals surface area (Å²) in [5.41, 5.74) is 0.268. The highest BCUT2D eigenvalue weighted by atomic mass is 16.6. The number of nitrogens with one attached hydrogen (secondary N) is 2. The van der Waals surface area contributed by atoms with Gasteiger partial charge in [0.1, 0.15) is 5.75 Å². The van der Waals surface area contributed by atoms with Gasteiger partial charge in [0.25, 0.3) is 5.69 Å². The van der Waals surface area contributed by atoms with Crippen LogP contribution >= 0.6 is 0 Å². The van der Waals surface area contributed by atoms with Gasteiger partial charge in [0.15, 0.2) is 0 Å². The zero-order valence-electron chi connectivity index (χ0n) is 12.1. The summed E-state index contributed by atoms with van der Waals surface area (Å²) in [6.45, 7) is 3.03. The maximum Gasteiger partial charge on any atom is 0.271 e. The largest absolute Gasteiger partial charge is 0.495 e. The second kappa shape index (κ2) is 7.03. The predicted octanol–water partition coefficient (Wildman–Crippen LogP) is 0.611. The Hall–Kier alpha value is -2.15. The van der Waals surface area contributed by atoms with Crippen molar-refractivity contribution in [3.63, 3.8) is 0 Å². The maximum absolute atomic E-state index is 12.0.